The Morgan fingerprint density at radius 2 is 2.21 bits per heavy atom. The molecule has 0 spiro atoms. The van der Waals surface area contributed by atoms with E-state index in [1.54, 1.807) is 0 Å². The zero-order valence-electron chi connectivity index (χ0n) is 7.04. The standard InChI is InChI=1S/C7H7F3N4/c8-7(9,10)6(2-4-12-14-6)5-1-3-11-13-5/h1,3H,2,4H2,(H,11,13). The molecule has 0 radical (unpaired) electrons. The van der Waals surface area contributed by atoms with Gasteiger partial charge in [0.2, 0.25) is 5.54 Å². The summed E-state index contributed by atoms with van der Waals surface area (Å²) in [6.07, 6.45) is -3.31. The van der Waals surface area contributed by atoms with Crippen LogP contribution in [0, 0.1) is 0 Å². The first-order valence-corrected chi connectivity index (χ1v) is 4.01. The number of rotatable bonds is 1. The SMILES string of the molecule is FC(F)(F)C1(c2ccn[nH]2)CCN=N1. The molecule has 2 heterocycles. The summed E-state index contributed by atoms with van der Waals surface area (Å²) in [7, 11) is 0. The number of H-pyrrole nitrogens is 1. The van der Waals surface area contributed by atoms with Gasteiger partial charge in [-0.2, -0.15) is 28.5 Å². The average molecular weight is 204 g/mol. The second-order valence-corrected chi connectivity index (χ2v) is 3.04. The third-order valence-electron chi connectivity index (χ3n) is 2.23. The molecular formula is C7H7F3N4. The fourth-order valence-corrected chi connectivity index (χ4v) is 1.46. The summed E-state index contributed by atoms with van der Waals surface area (Å²) in [6, 6.07) is 1.28. The van der Waals surface area contributed by atoms with Crippen molar-refractivity contribution in [2.24, 2.45) is 10.2 Å². The minimum Gasteiger partial charge on any atom is -0.280 e. The van der Waals surface area contributed by atoms with Crippen LogP contribution in [-0.4, -0.2) is 22.9 Å². The van der Waals surface area contributed by atoms with Gasteiger partial charge in [-0.15, -0.1) is 0 Å². The minimum absolute atomic E-state index is 0.0498. The summed E-state index contributed by atoms with van der Waals surface area (Å²) in [4.78, 5) is 0. The number of hydrogen-bond donors (Lipinski definition) is 1. The highest BCUT2D eigenvalue weighted by atomic mass is 19.4. The lowest BCUT2D eigenvalue weighted by atomic mass is 9.93. The predicted molar refractivity (Wildman–Crippen MR) is 40.7 cm³/mol. The molecule has 0 aromatic carbocycles. The highest BCUT2D eigenvalue weighted by Gasteiger charge is 2.59. The smallest absolute Gasteiger partial charge is 0.280 e. The van der Waals surface area contributed by atoms with Crippen molar-refractivity contribution in [1.29, 1.82) is 0 Å². The van der Waals surface area contributed by atoms with Gasteiger partial charge < -0.3 is 0 Å². The summed E-state index contributed by atoms with van der Waals surface area (Å²) < 4.78 is 38.3. The molecule has 0 fully saturated rings. The van der Waals surface area contributed by atoms with Crippen molar-refractivity contribution >= 4 is 0 Å². The number of aromatic nitrogens is 2. The van der Waals surface area contributed by atoms with Crippen LogP contribution in [0.1, 0.15) is 12.1 Å². The van der Waals surface area contributed by atoms with Gasteiger partial charge in [-0.3, -0.25) is 5.10 Å². The lowest BCUT2D eigenvalue weighted by Crippen LogP contribution is -2.39. The molecule has 4 nitrogen and oxygen atoms in total. The second-order valence-electron chi connectivity index (χ2n) is 3.04. The number of azo groups is 1. The number of nitrogens with zero attached hydrogens (tertiary/aromatic N) is 3. The average Bonchev–Trinajstić information content (AvgIpc) is 2.74. The molecule has 0 saturated heterocycles. The van der Waals surface area contributed by atoms with Crippen LogP contribution in [-0.2, 0) is 5.54 Å². The number of nitrogens with one attached hydrogen (secondary N) is 1. The quantitative estimate of drug-likeness (QED) is 0.747. The van der Waals surface area contributed by atoms with Crippen LogP contribution in [0.2, 0.25) is 0 Å². The van der Waals surface area contributed by atoms with E-state index in [1.165, 1.54) is 12.3 Å². The van der Waals surface area contributed by atoms with Gasteiger partial charge in [0, 0.05) is 12.6 Å². The Morgan fingerprint density at radius 1 is 1.43 bits per heavy atom. The molecule has 0 saturated carbocycles. The largest absolute Gasteiger partial charge is 0.421 e. The Kier molecular flexibility index (Phi) is 1.83. The molecule has 2 rings (SSSR count). The van der Waals surface area contributed by atoms with Gasteiger partial charge >= 0.3 is 6.18 Å². The molecule has 1 aliphatic rings. The van der Waals surface area contributed by atoms with E-state index < -0.39 is 11.7 Å². The van der Waals surface area contributed by atoms with Gasteiger partial charge in [-0.05, 0) is 6.07 Å². The number of aromatic amines is 1. The van der Waals surface area contributed by atoms with Crippen molar-refractivity contribution < 1.29 is 13.2 Å². The normalized spacial score (nSPS) is 27.1. The molecule has 0 amide bonds. The van der Waals surface area contributed by atoms with Gasteiger partial charge in [-0.25, -0.2) is 0 Å². The first kappa shape index (κ1) is 9.17. The van der Waals surface area contributed by atoms with Crippen molar-refractivity contribution in [3.63, 3.8) is 0 Å². The summed E-state index contributed by atoms with van der Waals surface area (Å²) >= 11 is 0. The number of alkyl halides is 3. The maximum Gasteiger partial charge on any atom is 0.421 e. The van der Waals surface area contributed by atoms with E-state index in [9.17, 15) is 13.2 Å². The molecule has 1 atom stereocenters. The Balaban J connectivity index is 2.48. The van der Waals surface area contributed by atoms with Crippen LogP contribution in [0.4, 0.5) is 13.2 Å². The van der Waals surface area contributed by atoms with Crippen molar-refractivity contribution in [3.8, 4) is 0 Å². The molecule has 14 heavy (non-hydrogen) atoms. The monoisotopic (exact) mass is 204 g/mol. The van der Waals surface area contributed by atoms with Crippen LogP contribution in [0.25, 0.3) is 0 Å². The van der Waals surface area contributed by atoms with E-state index in [-0.39, 0.29) is 18.7 Å². The molecule has 0 aliphatic carbocycles. The van der Waals surface area contributed by atoms with E-state index in [1.807, 2.05) is 0 Å². The minimum atomic E-state index is -4.43. The summed E-state index contributed by atoms with van der Waals surface area (Å²) in [5.74, 6) is 0. The molecule has 0 bridgehead atoms. The molecule has 1 aromatic rings. The van der Waals surface area contributed by atoms with Crippen LogP contribution in [0.5, 0.6) is 0 Å². The molecule has 1 N–H and O–H groups in total. The number of halogens is 3. The van der Waals surface area contributed by atoms with Crippen LogP contribution >= 0.6 is 0 Å². The third kappa shape index (κ3) is 1.11. The highest BCUT2D eigenvalue weighted by molar-refractivity contribution is 5.18. The lowest BCUT2D eigenvalue weighted by Gasteiger charge is -2.25. The van der Waals surface area contributed by atoms with Crippen LogP contribution < -0.4 is 0 Å². The maximum atomic E-state index is 12.8. The van der Waals surface area contributed by atoms with Crippen molar-refractivity contribution in [1.82, 2.24) is 10.2 Å². The summed E-state index contributed by atoms with van der Waals surface area (Å²) in [5, 5.41) is 12.5. The lowest BCUT2D eigenvalue weighted by molar-refractivity contribution is -0.189. The topological polar surface area (TPSA) is 53.4 Å². The molecular weight excluding hydrogens is 197 g/mol. The molecule has 7 heteroatoms. The van der Waals surface area contributed by atoms with Crippen LogP contribution in [0.15, 0.2) is 22.5 Å². The predicted octanol–water partition coefficient (Wildman–Crippen LogP) is 2.02. The van der Waals surface area contributed by atoms with Gasteiger partial charge in [0.15, 0.2) is 0 Å². The van der Waals surface area contributed by atoms with Crippen molar-refractivity contribution in [2.75, 3.05) is 6.54 Å². The highest BCUT2D eigenvalue weighted by Crippen LogP contribution is 2.46. The summed E-state index contributed by atoms with van der Waals surface area (Å²) in [5.41, 5.74) is -2.25. The maximum absolute atomic E-state index is 12.8. The molecule has 1 aromatic heterocycles. The first-order chi connectivity index (χ1) is 6.56. The molecule has 1 aliphatic heterocycles. The Labute approximate surface area is 77.2 Å². The van der Waals surface area contributed by atoms with Crippen molar-refractivity contribution in [2.45, 2.75) is 18.1 Å². The third-order valence-corrected chi connectivity index (χ3v) is 2.23. The zero-order chi connectivity index (χ0) is 10.2. The first-order valence-electron chi connectivity index (χ1n) is 4.01. The van der Waals surface area contributed by atoms with E-state index >= 15 is 0 Å². The van der Waals surface area contributed by atoms with E-state index in [2.05, 4.69) is 20.4 Å². The Morgan fingerprint density at radius 3 is 2.64 bits per heavy atom. The van der Waals surface area contributed by atoms with Gasteiger partial charge in [0.05, 0.1) is 12.2 Å². The van der Waals surface area contributed by atoms with Crippen LogP contribution in [0.3, 0.4) is 0 Å². The Bertz CT molecular complexity index is 342. The molecule has 76 valence electrons. The van der Waals surface area contributed by atoms with E-state index in [0.29, 0.717) is 0 Å². The van der Waals surface area contributed by atoms with Gasteiger partial charge in [-0.1, -0.05) is 0 Å². The van der Waals surface area contributed by atoms with Gasteiger partial charge in [0.1, 0.15) is 0 Å². The van der Waals surface area contributed by atoms with Crippen molar-refractivity contribution in [3.05, 3.63) is 18.0 Å². The fourth-order valence-electron chi connectivity index (χ4n) is 1.46. The van der Waals surface area contributed by atoms with E-state index in [0.717, 1.165) is 0 Å². The summed E-state index contributed by atoms with van der Waals surface area (Å²) in [6.45, 7) is 0.0958. The number of hydrogen-bond acceptors (Lipinski definition) is 3. The molecule has 1 unspecified atom stereocenters. The zero-order valence-corrected chi connectivity index (χ0v) is 7.04. The van der Waals surface area contributed by atoms with Gasteiger partial charge in [0.25, 0.3) is 0 Å². The van der Waals surface area contributed by atoms with E-state index in [4.69, 9.17) is 0 Å². The fraction of sp³-hybridized carbons (Fsp3) is 0.571. The second kappa shape index (κ2) is 2.79. The Hall–Kier alpha value is -1.40.